The second kappa shape index (κ2) is 5.90. The molecule has 19 heavy (non-hydrogen) atoms. The lowest BCUT2D eigenvalue weighted by Crippen LogP contribution is -2.49. The molecule has 4 N–H and O–H groups in total. The number of hydrogen-bond donors (Lipinski definition) is 3. The zero-order valence-corrected chi connectivity index (χ0v) is 10.7. The summed E-state index contributed by atoms with van der Waals surface area (Å²) in [4.78, 5) is 16.2. The Morgan fingerprint density at radius 2 is 1.68 bits per heavy atom. The number of nitrogens with two attached hydrogens (primary N) is 1. The number of carbonyl (C=O) groups excluding carboxylic acids is 1. The molecule has 1 aromatic rings. The maximum absolute atomic E-state index is 12.2. The summed E-state index contributed by atoms with van der Waals surface area (Å²) in [5.41, 5.74) is 5.81. The minimum absolute atomic E-state index is 0.106. The Morgan fingerprint density at radius 1 is 1.11 bits per heavy atom. The minimum atomic E-state index is -0.168. The van der Waals surface area contributed by atoms with Crippen LogP contribution in [0.4, 0.5) is 0 Å². The monoisotopic (exact) mass is 265 g/mol. The summed E-state index contributed by atoms with van der Waals surface area (Å²) in [6, 6.07) is 3.94. The maximum atomic E-state index is 12.2. The lowest BCUT2D eigenvalue weighted by molar-refractivity contribution is 0.0640. The van der Waals surface area contributed by atoms with Crippen LogP contribution in [-0.2, 0) is 0 Å². The largest absolute Gasteiger partial charge is 0.508 e. The fourth-order valence-corrected chi connectivity index (χ4v) is 2.26. The first kappa shape index (κ1) is 13.6. The molecule has 2 rings (SSSR count). The molecule has 1 saturated heterocycles. The van der Waals surface area contributed by atoms with E-state index in [2.05, 4.69) is 4.90 Å². The van der Waals surface area contributed by atoms with Gasteiger partial charge in [0.15, 0.2) is 0 Å². The highest BCUT2D eigenvalue weighted by molar-refractivity contribution is 5.95. The highest BCUT2D eigenvalue weighted by atomic mass is 16.3. The van der Waals surface area contributed by atoms with E-state index in [0.717, 1.165) is 19.6 Å². The van der Waals surface area contributed by atoms with E-state index in [4.69, 9.17) is 5.73 Å². The van der Waals surface area contributed by atoms with Crippen LogP contribution in [-0.4, -0.2) is 65.2 Å². The molecule has 6 heteroatoms. The van der Waals surface area contributed by atoms with Crippen LogP contribution in [0.25, 0.3) is 0 Å². The molecule has 1 aliphatic heterocycles. The van der Waals surface area contributed by atoms with E-state index in [1.54, 1.807) is 4.90 Å². The molecule has 0 unspecified atom stereocenters. The first-order chi connectivity index (χ1) is 9.10. The summed E-state index contributed by atoms with van der Waals surface area (Å²) in [6.07, 6.45) is 0. The fourth-order valence-electron chi connectivity index (χ4n) is 2.26. The molecule has 0 bridgehead atoms. The van der Waals surface area contributed by atoms with Gasteiger partial charge in [-0.15, -0.1) is 0 Å². The van der Waals surface area contributed by atoms with Crippen LogP contribution in [0.2, 0.25) is 0 Å². The van der Waals surface area contributed by atoms with E-state index in [9.17, 15) is 15.0 Å². The first-order valence-electron chi connectivity index (χ1n) is 6.35. The van der Waals surface area contributed by atoms with Crippen molar-refractivity contribution in [2.45, 2.75) is 0 Å². The number of amides is 1. The molecule has 1 aromatic carbocycles. The lowest BCUT2D eigenvalue weighted by atomic mass is 10.1. The molecule has 0 radical (unpaired) electrons. The second-order valence-corrected chi connectivity index (χ2v) is 4.66. The summed E-state index contributed by atoms with van der Waals surface area (Å²) in [6.45, 7) is 4.33. The average Bonchev–Trinajstić information content (AvgIpc) is 2.38. The number of phenols is 2. The second-order valence-electron chi connectivity index (χ2n) is 4.66. The summed E-state index contributed by atoms with van der Waals surface area (Å²) in [5.74, 6) is -0.381. The van der Waals surface area contributed by atoms with E-state index in [1.807, 2.05) is 0 Å². The van der Waals surface area contributed by atoms with E-state index in [1.165, 1.54) is 18.2 Å². The van der Waals surface area contributed by atoms with Crippen molar-refractivity contribution in [3.05, 3.63) is 23.8 Å². The number of hydrogen-bond acceptors (Lipinski definition) is 5. The minimum Gasteiger partial charge on any atom is -0.508 e. The van der Waals surface area contributed by atoms with Crippen molar-refractivity contribution in [2.75, 3.05) is 39.3 Å². The molecule has 1 aliphatic rings. The molecular formula is C13H19N3O3. The van der Waals surface area contributed by atoms with Crippen molar-refractivity contribution in [3.63, 3.8) is 0 Å². The number of carbonyl (C=O) groups is 1. The number of nitrogens with zero attached hydrogens (tertiary/aromatic N) is 2. The van der Waals surface area contributed by atoms with Gasteiger partial charge in [-0.2, -0.15) is 0 Å². The highest BCUT2D eigenvalue weighted by Crippen LogP contribution is 2.21. The van der Waals surface area contributed by atoms with E-state index in [-0.39, 0.29) is 17.4 Å². The molecule has 104 valence electrons. The predicted octanol–water partition coefficient (Wildman–Crippen LogP) is -0.186. The number of piperazine rings is 1. The smallest absolute Gasteiger partial charge is 0.254 e. The van der Waals surface area contributed by atoms with Gasteiger partial charge in [0.25, 0.3) is 5.91 Å². The molecule has 0 aliphatic carbocycles. The van der Waals surface area contributed by atoms with Crippen molar-refractivity contribution >= 4 is 5.91 Å². The van der Waals surface area contributed by atoms with Crippen LogP contribution >= 0.6 is 0 Å². The van der Waals surface area contributed by atoms with Crippen LogP contribution in [0, 0.1) is 0 Å². The summed E-state index contributed by atoms with van der Waals surface area (Å²) >= 11 is 0. The zero-order valence-electron chi connectivity index (χ0n) is 10.7. The van der Waals surface area contributed by atoms with Gasteiger partial charge in [-0.05, 0) is 12.1 Å². The molecule has 1 fully saturated rings. The van der Waals surface area contributed by atoms with Crippen molar-refractivity contribution in [2.24, 2.45) is 5.73 Å². The Labute approximate surface area is 112 Å². The van der Waals surface area contributed by atoms with Gasteiger partial charge in [-0.1, -0.05) is 0 Å². The van der Waals surface area contributed by atoms with Gasteiger partial charge in [0.1, 0.15) is 11.5 Å². The average molecular weight is 265 g/mol. The maximum Gasteiger partial charge on any atom is 0.254 e. The van der Waals surface area contributed by atoms with Crippen molar-refractivity contribution < 1.29 is 15.0 Å². The van der Waals surface area contributed by atoms with Gasteiger partial charge in [-0.25, -0.2) is 0 Å². The molecule has 0 saturated carbocycles. The van der Waals surface area contributed by atoms with E-state index >= 15 is 0 Å². The Kier molecular flexibility index (Phi) is 4.24. The van der Waals surface area contributed by atoms with Crippen LogP contribution < -0.4 is 5.73 Å². The number of benzene rings is 1. The van der Waals surface area contributed by atoms with Crippen molar-refractivity contribution in [1.82, 2.24) is 9.80 Å². The summed E-state index contributed by atoms with van der Waals surface area (Å²) in [7, 11) is 0. The van der Waals surface area contributed by atoms with Crippen molar-refractivity contribution in [1.29, 1.82) is 0 Å². The van der Waals surface area contributed by atoms with Crippen LogP contribution in [0.3, 0.4) is 0 Å². The van der Waals surface area contributed by atoms with E-state index < -0.39 is 0 Å². The van der Waals surface area contributed by atoms with E-state index in [0.29, 0.717) is 25.2 Å². The van der Waals surface area contributed by atoms with Crippen LogP contribution in [0.5, 0.6) is 11.5 Å². The SMILES string of the molecule is NCCN1CCN(C(=O)c2cc(O)cc(O)c2)CC1. The Hall–Kier alpha value is -1.79. The topological polar surface area (TPSA) is 90.0 Å². The first-order valence-corrected chi connectivity index (χ1v) is 6.35. The van der Waals surface area contributed by atoms with Crippen LogP contribution in [0.1, 0.15) is 10.4 Å². The zero-order chi connectivity index (χ0) is 13.8. The number of aromatic hydroxyl groups is 2. The van der Waals surface area contributed by atoms with Gasteiger partial charge in [0, 0.05) is 50.9 Å². The summed E-state index contributed by atoms with van der Waals surface area (Å²) < 4.78 is 0. The Balaban J connectivity index is 2.01. The molecule has 0 atom stereocenters. The number of phenolic OH excluding ortho intramolecular Hbond substituents is 2. The summed E-state index contributed by atoms with van der Waals surface area (Å²) in [5, 5.41) is 18.8. The third-order valence-electron chi connectivity index (χ3n) is 3.25. The standard InChI is InChI=1S/C13H19N3O3/c14-1-2-15-3-5-16(6-4-15)13(19)10-7-11(17)9-12(18)8-10/h7-9,17-18H,1-6,14H2. The quantitative estimate of drug-likeness (QED) is 0.705. The highest BCUT2D eigenvalue weighted by Gasteiger charge is 2.22. The third kappa shape index (κ3) is 3.36. The Morgan fingerprint density at radius 3 is 2.21 bits per heavy atom. The van der Waals surface area contributed by atoms with Crippen LogP contribution in [0.15, 0.2) is 18.2 Å². The molecule has 0 spiro atoms. The predicted molar refractivity (Wildman–Crippen MR) is 71.2 cm³/mol. The number of rotatable bonds is 3. The molecule has 1 heterocycles. The van der Waals surface area contributed by atoms with Gasteiger partial charge in [0.05, 0.1) is 0 Å². The van der Waals surface area contributed by atoms with Gasteiger partial charge in [0.2, 0.25) is 0 Å². The lowest BCUT2D eigenvalue weighted by Gasteiger charge is -2.34. The normalized spacial score (nSPS) is 16.6. The molecule has 6 nitrogen and oxygen atoms in total. The fraction of sp³-hybridized carbons (Fsp3) is 0.462. The Bertz CT molecular complexity index is 436. The van der Waals surface area contributed by atoms with Gasteiger partial charge >= 0.3 is 0 Å². The molecule has 0 aromatic heterocycles. The van der Waals surface area contributed by atoms with Gasteiger partial charge < -0.3 is 20.8 Å². The molecule has 1 amide bonds. The van der Waals surface area contributed by atoms with Gasteiger partial charge in [-0.3, -0.25) is 9.69 Å². The third-order valence-corrected chi connectivity index (χ3v) is 3.25. The molecular weight excluding hydrogens is 246 g/mol. The van der Waals surface area contributed by atoms with Crippen molar-refractivity contribution in [3.8, 4) is 11.5 Å².